The van der Waals surface area contributed by atoms with E-state index in [1.54, 1.807) is 0 Å². The monoisotopic (exact) mass is 139 g/mol. The first-order valence-corrected chi connectivity index (χ1v) is 4.66. The van der Waals surface area contributed by atoms with Gasteiger partial charge in [-0.3, -0.25) is 0 Å². The van der Waals surface area contributed by atoms with Gasteiger partial charge in [0.1, 0.15) is 0 Å². The van der Waals surface area contributed by atoms with Crippen LogP contribution in [0.3, 0.4) is 0 Å². The van der Waals surface area contributed by atoms with Gasteiger partial charge in [0.2, 0.25) is 0 Å². The molecule has 2 aliphatic rings. The lowest BCUT2D eigenvalue weighted by molar-refractivity contribution is 0.379. The van der Waals surface area contributed by atoms with Gasteiger partial charge in [0.25, 0.3) is 0 Å². The first-order valence-electron chi connectivity index (χ1n) is 4.66. The minimum Gasteiger partial charge on any atom is -0.311 e. The maximum atomic E-state index is 3.66. The highest BCUT2D eigenvalue weighted by Crippen LogP contribution is 2.35. The summed E-state index contributed by atoms with van der Waals surface area (Å²) < 4.78 is 0. The van der Waals surface area contributed by atoms with E-state index in [0.29, 0.717) is 0 Å². The van der Waals surface area contributed by atoms with E-state index in [-0.39, 0.29) is 0 Å². The predicted molar refractivity (Wildman–Crippen MR) is 43.0 cm³/mol. The van der Waals surface area contributed by atoms with Crippen LogP contribution in [0.1, 0.15) is 39.0 Å². The molecule has 0 saturated carbocycles. The van der Waals surface area contributed by atoms with Crippen molar-refractivity contribution in [3.05, 3.63) is 0 Å². The first-order chi connectivity index (χ1) is 4.90. The molecule has 0 amide bonds. The largest absolute Gasteiger partial charge is 0.311 e. The second kappa shape index (κ2) is 2.54. The molecule has 2 bridgehead atoms. The van der Waals surface area contributed by atoms with Crippen LogP contribution in [-0.2, 0) is 0 Å². The standard InChI is InChI=1S/C9H17N/c1-2-3-7-6-8-4-5-9(7)10-8/h7-10H,2-6H2,1H3. The van der Waals surface area contributed by atoms with Crippen LogP contribution >= 0.6 is 0 Å². The molecule has 2 fully saturated rings. The predicted octanol–water partition coefficient (Wildman–Crippen LogP) is 1.93. The molecule has 0 radical (unpaired) electrons. The molecule has 2 rings (SSSR count). The third-order valence-corrected chi connectivity index (χ3v) is 3.09. The number of rotatable bonds is 2. The fraction of sp³-hybridized carbons (Fsp3) is 1.00. The van der Waals surface area contributed by atoms with E-state index in [2.05, 4.69) is 12.2 Å². The van der Waals surface area contributed by atoms with Crippen LogP contribution < -0.4 is 5.32 Å². The van der Waals surface area contributed by atoms with E-state index < -0.39 is 0 Å². The van der Waals surface area contributed by atoms with E-state index in [1.165, 1.54) is 32.1 Å². The Bertz CT molecular complexity index is 122. The van der Waals surface area contributed by atoms with Crippen LogP contribution in [0.4, 0.5) is 0 Å². The third-order valence-electron chi connectivity index (χ3n) is 3.09. The van der Waals surface area contributed by atoms with Crippen LogP contribution in [0.2, 0.25) is 0 Å². The molecule has 1 nitrogen and oxygen atoms in total. The van der Waals surface area contributed by atoms with Gasteiger partial charge < -0.3 is 5.32 Å². The fourth-order valence-electron chi connectivity index (χ4n) is 2.63. The Balaban J connectivity index is 1.90. The average Bonchev–Trinajstić information content (AvgIpc) is 2.48. The molecule has 2 aliphatic heterocycles. The Kier molecular flexibility index (Phi) is 1.69. The molecule has 3 unspecified atom stereocenters. The van der Waals surface area contributed by atoms with Crippen LogP contribution in [0, 0.1) is 5.92 Å². The highest BCUT2D eigenvalue weighted by atomic mass is 15.0. The lowest BCUT2D eigenvalue weighted by Gasteiger charge is -2.18. The summed E-state index contributed by atoms with van der Waals surface area (Å²) in [6, 6.07) is 1.81. The summed E-state index contributed by atoms with van der Waals surface area (Å²) in [6.45, 7) is 2.30. The van der Waals surface area contributed by atoms with Crippen LogP contribution in [0.15, 0.2) is 0 Å². The van der Waals surface area contributed by atoms with Crippen molar-refractivity contribution in [1.29, 1.82) is 0 Å². The second-order valence-electron chi connectivity index (χ2n) is 3.83. The zero-order valence-electron chi connectivity index (χ0n) is 6.77. The molecule has 0 aromatic heterocycles. The summed E-state index contributed by atoms with van der Waals surface area (Å²) in [4.78, 5) is 0. The van der Waals surface area contributed by atoms with Crippen molar-refractivity contribution in [3.63, 3.8) is 0 Å². The maximum Gasteiger partial charge on any atom is 0.00990 e. The van der Waals surface area contributed by atoms with E-state index in [1.807, 2.05) is 0 Å². The van der Waals surface area contributed by atoms with Gasteiger partial charge in [-0.1, -0.05) is 13.3 Å². The molecule has 2 heterocycles. The van der Waals surface area contributed by atoms with Gasteiger partial charge in [-0.2, -0.15) is 0 Å². The Morgan fingerprint density at radius 2 is 2.30 bits per heavy atom. The van der Waals surface area contributed by atoms with Crippen molar-refractivity contribution in [2.45, 2.75) is 51.1 Å². The van der Waals surface area contributed by atoms with Gasteiger partial charge in [-0.05, 0) is 31.6 Å². The van der Waals surface area contributed by atoms with Crippen LogP contribution in [0.25, 0.3) is 0 Å². The normalized spacial score (nSPS) is 44.7. The minimum atomic E-state index is 0.904. The molecule has 0 aliphatic carbocycles. The topological polar surface area (TPSA) is 12.0 Å². The molecule has 10 heavy (non-hydrogen) atoms. The molecule has 3 atom stereocenters. The van der Waals surface area contributed by atoms with Gasteiger partial charge in [0, 0.05) is 12.1 Å². The van der Waals surface area contributed by atoms with Crippen molar-refractivity contribution in [2.75, 3.05) is 0 Å². The molecular formula is C9H17N. The van der Waals surface area contributed by atoms with Gasteiger partial charge in [0.15, 0.2) is 0 Å². The first kappa shape index (κ1) is 6.66. The van der Waals surface area contributed by atoms with Gasteiger partial charge in [-0.25, -0.2) is 0 Å². The molecule has 0 aromatic rings. The van der Waals surface area contributed by atoms with Crippen molar-refractivity contribution >= 4 is 0 Å². The third kappa shape index (κ3) is 0.968. The van der Waals surface area contributed by atoms with E-state index in [9.17, 15) is 0 Å². The van der Waals surface area contributed by atoms with Gasteiger partial charge >= 0.3 is 0 Å². The maximum absolute atomic E-state index is 3.66. The summed E-state index contributed by atoms with van der Waals surface area (Å²) in [5.74, 6) is 1.03. The number of hydrogen-bond donors (Lipinski definition) is 1. The highest BCUT2D eigenvalue weighted by molar-refractivity contribution is 4.96. The van der Waals surface area contributed by atoms with Crippen molar-refractivity contribution in [3.8, 4) is 0 Å². The van der Waals surface area contributed by atoms with Crippen molar-refractivity contribution < 1.29 is 0 Å². The zero-order valence-corrected chi connectivity index (χ0v) is 6.77. The Morgan fingerprint density at radius 3 is 2.80 bits per heavy atom. The van der Waals surface area contributed by atoms with Gasteiger partial charge in [0.05, 0.1) is 0 Å². The summed E-state index contributed by atoms with van der Waals surface area (Å²) in [6.07, 6.45) is 7.20. The average molecular weight is 139 g/mol. The minimum absolute atomic E-state index is 0.904. The van der Waals surface area contributed by atoms with Crippen LogP contribution in [-0.4, -0.2) is 12.1 Å². The molecule has 0 aromatic carbocycles. The van der Waals surface area contributed by atoms with E-state index in [4.69, 9.17) is 0 Å². The molecule has 0 spiro atoms. The number of fused-ring (bicyclic) bond motifs is 2. The molecule has 2 saturated heterocycles. The van der Waals surface area contributed by atoms with E-state index >= 15 is 0 Å². The molecule has 1 N–H and O–H groups in total. The number of hydrogen-bond acceptors (Lipinski definition) is 1. The lowest BCUT2D eigenvalue weighted by Crippen LogP contribution is -2.22. The summed E-state index contributed by atoms with van der Waals surface area (Å²) in [5.41, 5.74) is 0. The zero-order chi connectivity index (χ0) is 6.97. The summed E-state index contributed by atoms with van der Waals surface area (Å²) in [7, 11) is 0. The Morgan fingerprint density at radius 1 is 1.40 bits per heavy atom. The molecule has 1 heteroatoms. The van der Waals surface area contributed by atoms with Crippen LogP contribution in [0.5, 0.6) is 0 Å². The fourth-order valence-corrected chi connectivity index (χ4v) is 2.63. The smallest absolute Gasteiger partial charge is 0.00990 e. The second-order valence-corrected chi connectivity index (χ2v) is 3.83. The quantitative estimate of drug-likeness (QED) is 0.616. The Hall–Kier alpha value is -0.0400. The lowest BCUT2D eigenvalue weighted by atomic mass is 9.86. The molecule has 58 valence electrons. The SMILES string of the molecule is CCCC1CC2CCC1N2. The van der Waals surface area contributed by atoms with Crippen molar-refractivity contribution in [2.24, 2.45) is 5.92 Å². The number of nitrogens with one attached hydrogen (secondary N) is 1. The van der Waals surface area contributed by atoms with Crippen molar-refractivity contribution in [1.82, 2.24) is 5.32 Å². The Labute approximate surface area is 63.2 Å². The molecular weight excluding hydrogens is 122 g/mol. The summed E-state index contributed by atoms with van der Waals surface area (Å²) in [5, 5.41) is 3.66. The summed E-state index contributed by atoms with van der Waals surface area (Å²) >= 11 is 0. The highest BCUT2D eigenvalue weighted by Gasteiger charge is 2.37. The van der Waals surface area contributed by atoms with E-state index in [0.717, 1.165) is 18.0 Å². The van der Waals surface area contributed by atoms with Gasteiger partial charge in [-0.15, -0.1) is 0 Å².